The number of rotatable bonds is 7. The van der Waals surface area contributed by atoms with Crippen molar-refractivity contribution in [3.8, 4) is 11.5 Å². The monoisotopic (exact) mass is 333 g/mol. The van der Waals surface area contributed by atoms with Crippen molar-refractivity contribution in [3.05, 3.63) is 36.1 Å². The number of aromatic nitrogens is 1. The molecule has 128 valence electrons. The summed E-state index contributed by atoms with van der Waals surface area (Å²) in [7, 11) is 3.01. The lowest BCUT2D eigenvalue weighted by Gasteiger charge is -2.20. The second-order valence-electron chi connectivity index (χ2n) is 4.85. The predicted octanol–water partition coefficient (Wildman–Crippen LogP) is 1.79. The van der Waals surface area contributed by atoms with Gasteiger partial charge in [-0.25, -0.2) is 0 Å². The summed E-state index contributed by atoms with van der Waals surface area (Å²) in [6.45, 7) is 2.05. The fourth-order valence-electron chi connectivity index (χ4n) is 2.07. The van der Waals surface area contributed by atoms with Gasteiger partial charge in [-0.15, -0.1) is 0 Å². The number of nitrogens with zero attached hydrogens (tertiary/aromatic N) is 2. The highest BCUT2D eigenvalue weighted by Gasteiger charge is 2.19. The van der Waals surface area contributed by atoms with E-state index in [4.69, 9.17) is 9.47 Å². The van der Waals surface area contributed by atoms with E-state index in [9.17, 15) is 9.59 Å². The number of carbonyl (C=O) groups is 2. The van der Waals surface area contributed by atoms with E-state index in [0.717, 1.165) is 0 Å². The summed E-state index contributed by atoms with van der Waals surface area (Å²) >= 11 is 0. The van der Waals surface area contributed by atoms with Gasteiger partial charge in [0.2, 0.25) is 5.91 Å². The van der Waals surface area contributed by atoms with Gasteiger partial charge in [0.25, 0.3) is 5.91 Å². The lowest BCUT2D eigenvalue weighted by molar-refractivity contribution is -0.116. The van der Waals surface area contributed by atoms with Crippen LogP contribution in [-0.4, -0.2) is 49.2 Å². The zero-order chi connectivity index (χ0) is 17.5. The molecule has 0 aliphatic carbocycles. The van der Waals surface area contributed by atoms with Gasteiger partial charge >= 0.3 is 0 Å². The van der Waals surface area contributed by atoms with Crippen LogP contribution in [0.3, 0.4) is 0 Å². The maximum absolute atomic E-state index is 12.7. The van der Waals surface area contributed by atoms with E-state index >= 15 is 0 Å². The van der Waals surface area contributed by atoms with Crippen LogP contribution in [0.15, 0.2) is 35.1 Å². The number of methoxy groups -OCH3 is 2. The number of hydrogen-bond donors (Lipinski definition) is 1. The summed E-state index contributed by atoms with van der Waals surface area (Å²) in [6, 6.07) is 6.39. The van der Waals surface area contributed by atoms with Crippen LogP contribution in [0.5, 0.6) is 11.5 Å². The lowest BCUT2D eigenvalue weighted by Crippen LogP contribution is -2.37. The minimum atomic E-state index is -0.367. The maximum Gasteiger partial charge on any atom is 0.254 e. The summed E-state index contributed by atoms with van der Waals surface area (Å²) in [5.41, 5.74) is 0.377. The number of ether oxygens (including phenoxy) is 2. The largest absolute Gasteiger partial charge is 0.497 e. The van der Waals surface area contributed by atoms with Gasteiger partial charge in [0.15, 0.2) is 5.82 Å². The number of hydrogen-bond acceptors (Lipinski definition) is 6. The molecular weight excluding hydrogens is 314 g/mol. The predicted molar refractivity (Wildman–Crippen MR) is 86.3 cm³/mol. The minimum absolute atomic E-state index is 0.109. The molecule has 1 heterocycles. The number of nitrogens with one attached hydrogen (secondary N) is 1. The second kappa shape index (κ2) is 8.00. The minimum Gasteiger partial charge on any atom is -0.497 e. The fraction of sp³-hybridized carbons (Fsp3) is 0.312. The Morgan fingerprint density at radius 2 is 1.88 bits per heavy atom. The van der Waals surface area contributed by atoms with Crippen LogP contribution < -0.4 is 14.8 Å². The van der Waals surface area contributed by atoms with Crippen molar-refractivity contribution in [3.63, 3.8) is 0 Å². The van der Waals surface area contributed by atoms with Crippen LogP contribution in [0.4, 0.5) is 5.82 Å². The van der Waals surface area contributed by atoms with Gasteiger partial charge < -0.3 is 24.2 Å². The van der Waals surface area contributed by atoms with Gasteiger partial charge in [0.05, 0.1) is 14.2 Å². The molecule has 8 nitrogen and oxygen atoms in total. The number of likely N-dealkylation sites (N-methyl/N-ethyl adjacent to an activating group) is 1. The fourth-order valence-corrected chi connectivity index (χ4v) is 2.07. The zero-order valence-corrected chi connectivity index (χ0v) is 13.7. The first-order chi connectivity index (χ1) is 11.6. The topological polar surface area (TPSA) is 93.9 Å². The van der Waals surface area contributed by atoms with Crippen LogP contribution in [0.2, 0.25) is 0 Å². The standard InChI is InChI=1S/C16H19N3O5/c1-4-19(10-15(20)17-14-5-6-24-18-14)16(21)11-7-12(22-2)9-13(8-11)23-3/h5-9H,4,10H2,1-3H3,(H,17,18,20). The number of carbonyl (C=O) groups excluding carboxylic acids is 2. The second-order valence-corrected chi connectivity index (χ2v) is 4.85. The van der Waals surface area contributed by atoms with Crippen LogP contribution in [-0.2, 0) is 4.79 Å². The average molecular weight is 333 g/mol. The summed E-state index contributed by atoms with van der Waals surface area (Å²) in [4.78, 5) is 26.1. The number of amides is 2. The van der Waals surface area contributed by atoms with Gasteiger partial charge in [-0.05, 0) is 19.1 Å². The molecule has 0 aliphatic heterocycles. The Balaban J connectivity index is 2.11. The lowest BCUT2D eigenvalue weighted by atomic mass is 10.1. The molecular formula is C16H19N3O5. The molecule has 24 heavy (non-hydrogen) atoms. The highest BCUT2D eigenvalue weighted by atomic mass is 16.5. The summed E-state index contributed by atoms with van der Waals surface area (Å²) in [6.07, 6.45) is 1.35. The van der Waals surface area contributed by atoms with E-state index < -0.39 is 0 Å². The van der Waals surface area contributed by atoms with Crippen molar-refractivity contribution in [2.45, 2.75) is 6.92 Å². The van der Waals surface area contributed by atoms with Gasteiger partial charge in [0, 0.05) is 24.2 Å². The third kappa shape index (κ3) is 4.25. The quantitative estimate of drug-likeness (QED) is 0.830. The van der Waals surface area contributed by atoms with E-state index in [-0.39, 0.29) is 18.4 Å². The summed E-state index contributed by atoms with van der Waals surface area (Å²) in [5.74, 6) is 0.632. The molecule has 0 radical (unpaired) electrons. The highest BCUT2D eigenvalue weighted by Crippen LogP contribution is 2.23. The average Bonchev–Trinajstić information content (AvgIpc) is 3.11. The maximum atomic E-state index is 12.7. The normalized spacial score (nSPS) is 10.1. The Kier molecular flexibility index (Phi) is 5.78. The van der Waals surface area contributed by atoms with Crippen LogP contribution in [0, 0.1) is 0 Å². The first-order valence-electron chi connectivity index (χ1n) is 7.30. The molecule has 0 bridgehead atoms. The Hall–Kier alpha value is -3.03. The van der Waals surface area contributed by atoms with Crippen molar-refractivity contribution >= 4 is 17.6 Å². The number of anilines is 1. The molecule has 0 saturated carbocycles. The Bertz CT molecular complexity index is 677. The van der Waals surface area contributed by atoms with Crippen molar-refractivity contribution < 1.29 is 23.6 Å². The van der Waals surface area contributed by atoms with Crippen molar-refractivity contribution in [2.75, 3.05) is 32.6 Å². The van der Waals surface area contributed by atoms with E-state index in [2.05, 4.69) is 15.0 Å². The first kappa shape index (κ1) is 17.3. The van der Waals surface area contributed by atoms with Gasteiger partial charge in [0.1, 0.15) is 24.3 Å². The highest BCUT2D eigenvalue weighted by molar-refractivity contribution is 5.99. The Morgan fingerprint density at radius 3 is 2.38 bits per heavy atom. The van der Waals surface area contributed by atoms with Crippen LogP contribution in [0.1, 0.15) is 17.3 Å². The summed E-state index contributed by atoms with van der Waals surface area (Å²) < 4.78 is 15.0. The molecule has 0 spiro atoms. The van der Waals surface area contributed by atoms with E-state index in [1.165, 1.54) is 31.4 Å². The van der Waals surface area contributed by atoms with Crippen LogP contribution in [0.25, 0.3) is 0 Å². The van der Waals surface area contributed by atoms with E-state index in [1.807, 2.05) is 0 Å². The Morgan fingerprint density at radius 1 is 1.21 bits per heavy atom. The molecule has 2 amide bonds. The van der Waals surface area contributed by atoms with Crippen molar-refractivity contribution in [1.82, 2.24) is 10.1 Å². The van der Waals surface area contributed by atoms with Gasteiger partial charge in [-0.2, -0.15) is 0 Å². The smallest absolute Gasteiger partial charge is 0.254 e. The third-order valence-corrected chi connectivity index (χ3v) is 3.31. The molecule has 8 heteroatoms. The number of benzene rings is 1. The molecule has 2 rings (SSSR count). The van der Waals surface area contributed by atoms with E-state index in [1.54, 1.807) is 25.1 Å². The SMILES string of the molecule is CCN(CC(=O)Nc1ccon1)C(=O)c1cc(OC)cc(OC)c1. The first-order valence-corrected chi connectivity index (χ1v) is 7.30. The molecule has 0 fully saturated rings. The molecule has 0 aliphatic rings. The molecule has 0 saturated heterocycles. The molecule has 1 aromatic carbocycles. The van der Waals surface area contributed by atoms with Crippen LogP contribution >= 0.6 is 0 Å². The third-order valence-electron chi connectivity index (χ3n) is 3.31. The van der Waals surface area contributed by atoms with Gasteiger partial charge in [-0.3, -0.25) is 9.59 Å². The molecule has 0 unspecified atom stereocenters. The molecule has 0 atom stereocenters. The molecule has 1 aromatic heterocycles. The summed E-state index contributed by atoms with van der Waals surface area (Å²) in [5, 5.41) is 6.15. The van der Waals surface area contributed by atoms with Gasteiger partial charge in [-0.1, -0.05) is 5.16 Å². The molecule has 1 N–H and O–H groups in total. The Labute approximate surface area is 139 Å². The van der Waals surface area contributed by atoms with E-state index in [0.29, 0.717) is 29.4 Å². The molecule has 2 aromatic rings. The van der Waals surface area contributed by atoms with Crippen molar-refractivity contribution in [2.24, 2.45) is 0 Å². The van der Waals surface area contributed by atoms with Crippen molar-refractivity contribution in [1.29, 1.82) is 0 Å². The zero-order valence-electron chi connectivity index (χ0n) is 13.7.